The van der Waals surface area contributed by atoms with Crippen LogP contribution in [0.3, 0.4) is 0 Å². The lowest BCUT2D eigenvalue weighted by molar-refractivity contribution is -0.113. The molecule has 10 heteroatoms. The highest BCUT2D eigenvalue weighted by atomic mass is 35.5. The number of amides is 2. The highest BCUT2D eigenvalue weighted by Gasteiger charge is 2.24. The van der Waals surface area contributed by atoms with E-state index in [1.807, 2.05) is 13.0 Å². The second-order valence-electron chi connectivity index (χ2n) is 6.93. The van der Waals surface area contributed by atoms with Crippen molar-refractivity contribution in [2.75, 3.05) is 11.1 Å². The van der Waals surface area contributed by atoms with E-state index in [1.54, 1.807) is 30.5 Å². The summed E-state index contributed by atoms with van der Waals surface area (Å²) in [6.07, 6.45) is 5.11. The molecule has 2 aromatic heterocycles. The van der Waals surface area contributed by atoms with Crippen molar-refractivity contribution in [1.29, 1.82) is 0 Å². The smallest absolute Gasteiger partial charge is 0.272 e. The largest absolute Gasteiger partial charge is 0.348 e. The van der Waals surface area contributed by atoms with Gasteiger partial charge in [-0.1, -0.05) is 29.4 Å². The van der Waals surface area contributed by atoms with Gasteiger partial charge < -0.3 is 10.6 Å². The van der Waals surface area contributed by atoms with E-state index in [1.165, 1.54) is 22.8 Å². The molecular formula is C20H19ClN6O2S. The molecular weight excluding hydrogens is 424 g/mol. The highest BCUT2D eigenvalue weighted by Crippen LogP contribution is 2.24. The molecule has 0 unspecified atom stereocenters. The topological polar surface area (TPSA) is 102 Å². The number of nitrogens with zero attached hydrogens (tertiary/aromatic N) is 4. The van der Waals surface area contributed by atoms with Gasteiger partial charge in [-0.25, -0.2) is 14.6 Å². The predicted octanol–water partition coefficient (Wildman–Crippen LogP) is 3.25. The summed E-state index contributed by atoms with van der Waals surface area (Å²) in [7, 11) is 0. The second-order valence-corrected chi connectivity index (χ2v) is 8.33. The maximum atomic E-state index is 12.3. The zero-order valence-corrected chi connectivity index (χ0v) is 17.7. The molecule has 2 N–H and O–H groups in total. The highest BCUT2D eigenvalue weighted by molar-refractivity contribution is 7.99. The molecule has 0 radical (unpaired) electrons. The summed E-state index contributed by atoms with van der Waals surface area (Å²) in [5.41, 5.74) is 1.93. The van der Waals surface area contributed by atoms with Gasteiger partial charge in [-0.3, -0.25) is 9.59 Å². The fraction of sp³-hybridized carbons (Fsp3) is 0.250. The van der Waals surface area contributed by atoms with Crippen LogP contribution in [0.2, 0.25) is 5.02 Å². The van der Waals surface area contributed by atoms with E-state index in [2.05, 4.69) is 25.7 Å². The van der Waals surface area contributed by atoms with Crippen LogP contribution in [0.15, 0.2) is 47.9 Å². The van der Waals surface area contributed by atoms with E-state index in [4.69, 9.17) is 11.6 Å². The Kier molecular flexibility index (Phi) is 6.01. The number of thioether (sulfide) groups is 1. The molecule has 4 rings (SSSR count). The van der Waals surface area contributed by atoms with Crippen molar-refractivity contribution < 1.29 is 9.59 Å². The average molecular weight is 443 g/mol. The number of rotatable bonds is 7. The summed E-state index contributed by atoms with van der Waals surface area (Å²) in [6, 6.07) is 9.08. The lowest BCUT2D eigenvalue weighted by Crippen LogP contribution is -2.25. The maximum Gasteiger partial charge on any atom is 0.272 e. The van der Waals surface area contributed by atoms with Crippen LogP contribution in [0.25, 0.3) is 5.82 Å². The van der Waals surface area contributed by atoms with Gasteiger partial charge in [0.05, 0.1) is 16.5 Å². The van der Waals surface area contributed by atoms with E-state index in [-0.39, 0.29) is 23.6 Å². The van der Waals surface area contributed by atoms with Gasteiger partial charge in [0.1, 0.15) is 11.4 Å². The number of benzene rings is 1. The Labute approximate surface area is 182 Å². The van der Waals surface area contributed by atoms with Gasteiger partial charge in [-0.15, -0.1) is 0 Å². The molecule has 2 amide bonds. The van der Waals surface area contributed by atoms with Crippen LogP contribution in [0.5, 0.6) is 0 Å². The predicted molar refractivity (Wildman–Crippen MR) is 115 cm³/mol. The number of hydrogen-bond donors (Lipinski definition) is 2. The lowest BCUT2D eigenvalue weighted by Gasteiger charge is -2.08. The molecule has 154 valence electrons. The number of carbonyl (C=O) groups excluding carboxylic acids is 2. The molecule has 3 aromatic rings. The van der Waals surface area contributed by atoms with E-state index in [9.17, 15) is 9.59 Å². The van der Waals surface area contributed by atoms with Gasteiger partial charge in [0.25, 0.3) is 5.91 Å². The van der Waals surface area contributed by atoms with E-state index in [0.717, 1.165) is 18.4 Å². The van der Waals surface area contributed by atoms with Gasteiger partial charge in [0.15, 0.2) is 11.5 Å². The molecule has 1 aliphatic carbocycles. The first-order valence-electron chi connectivity index (χ1n) is 9.36. The Bertz CT molecular complexity index is 1100. The molecule has 1 fully saturated rings. The molecule has 0 bridgehead atoms. The first-order valence-corrected chi connectivity index (χ1v) is 10.7. The van der Waals surface area contributed by atoms with Gasteiger partial charge in [0.2, 0.25) is 5.91 Å². The number of hydrogen-bond acceptors (Lipinski definition) is 6. The van der Waals surface area contributed by atoms with E-state index < -0.39 is 0 Å². The van der Waals surface area contributed by atoms with Crippen LogP contribution in [-0.2, 0) is 4.79 Å². The Hall–Kier alpha value is -2.91. The van der Waals surface area contributed by atoms with E-state index >= 15 is 0 Å². The second kappa shape index (κ2) is 8.85. The number of aryl methyl sites for hydroxylation is 1. The number of anilines is 1. The minimum atomic E-state index is -0.191. The third-order valence-electron chi connectivity index (χ3n) is 4.35. The van der Waals surface area contributed by atoms with Crippen molar-refractivity contribution >= 4 is 40.9 Å². The monoisotopic (exact) mass is 442 g/mol. The van der Waals surface area contributed by atoms with Crippen LogP contribution >= 0.6 is 23.4 Å². The Morgan fingerprint density at radius 2 is 2.07 bits per heavy atom. The number of aromatic nitrogens is 4. The minimum Gasteiger partial charge on any atom is -0.348 e. The minimum absolute atomic E-state index is 0.162. The van der Waals surface area contributed by atoms with Crippen molar-refractivity contribution in [3.05, 3.63) is 59.1 Å². The average Bonchev–Trinajstić information content (AvgIpc) is 3.39. The fourth-order valence-corrected chi connectivity index (χ4v) is 3.58. The molecule has 2 heterocycles. The Morgan fingerprint density at radius 1 is 1.23 bits per heavy atom. The maximum absolute atomic E-state index is 12.3. The van der Waals surface area contributed by atoms with Crippen LogP contribution in [0.1, 0.15) is 28.9 Å². The van der Waals surface area contributed by atoms with Crippen LogP contribution in [0, 0.1) is 6.92 Å². The molecule has 1 saturated carbocycles. The Balaban J connectivity index is 1.37. The zero-order valence-electron chi connectivity index (χ0n) is 16.1. The first-order chi connectivity index (χ1) is 14.5. The Morgan fingerprint density at radius 3 is 2.83 bits per heavy atom. The van der Waals surface area contributed by atoms with Crippen LogP contribution in [0.4, 0.5) is 5.69 Å². The summed E-state index contributed by atoms with van der Waals surface area (Å²) in [6.45, 7) is 1.93. The van der Waals surface area contributed by atoms with Crippen molar-refractivity contribution in [2.24, 2.45) is 0 Å². The molecule has 1 aliphatic rings. The standard InChI is InChI=1S/C20H19ClN6O2S/c1-12-2-5-15(14(21)8-12)25-18(28)10-30-19-9-17(22-11-23-19)27-7-6-16(26-27)20(29)24-13-3-4-13/h2,5-9,11,13H,3-4,10H2,1H3,(H,24,29)(H,25,28). The van der Waals surface area contributed by atoms with Crippen LogP contribution < -0.4 is 10.6 Å². The van der Waals surface area contributed by atoms with Crippen molar-refractivity contribution in [3.63, 3.8) is 0 Å². The third-order valence-corrected chi connectivity index (χ3v) is 5.58. The molecule has 30 heavy (non-hydrogen) atoms. The molecule has 1 aromatic carbocycles. The number of nitrogens with one attached hydrogen (secondary N) is 2. The SMILES string of the molecule is Cc1ccc(NC(=O)CSc2cc(-n3ccc(C(=O)NC4CC4)n3)ncn2)c(Cl)c1. The molecule has 8 nitrogen and oxygen atoms in total. The molecule has 0 atom stereocenters. The quantitative estimate of drug-likeness (QED) is 0.430. The summed E-state index contributed by atoms with van der Waals surface area (Å²) < 4.78 is 1.51. The van der Waals surface area contributed by atoms with Crippen molar-refractivity contribution in [3.8, 4) is 5.82 Å². The molecule has 0 saturated heterocycles. The zero-order chi connectivity index (χ0) is 21.1. The van der Waals surface area contributed by atoms with Gasteiger partial charge in [0, 0.05) is 18.3 Å². The lowest BCUT2D eigenvalue weighted by atomic mass is 10.2. The van der Waals surface area contributed by atoms with Gasteiger partial charge in [-0.2, -0.15) is 5.10 Å². The third kappa shape index (κ3) is 5.17. The summed E-state index contributed by atoms with van der Waals surface area (Å²) in [5, 5.41) is 11.1. The van der Waals surface area contributed by atoms with Crippen molar-refractivity contribution in [2.45, 2.75) is 30.8 Å². The van der Waals surface area contributed by atoms with E-state index in [0.29, 0.717) is 27.2 Å². The van der Waals surface area contributed by atoms with Crippen molar-refractivity contribution in [1.82, 2.24) is 25.1 Å². The van der Waals surface area contributed by atoms with Gasteiger partial charge in [-0.05, 0) is 43.5 Å². The first kappa shape index (κ1) is 20.4. The number of halogens is 1. The normalized spacial score (nSPS) is 13.1. The van der Waals surface area contributed by atoms with Gasteiger partial charge >= 0.3 is 0 Å². The summed E-state index contributed by atoms with van der Waals surface area (Å²) in [4.78, 5) is 32.7. The van der Waals surface area contributed by atoms with Crippen LogP contribution in [-0.4, -0.2) is 43.4 Å². The summed E-state index contributed by atoms with van der Waals surface area (Å²) >= 11 is 7.42. The number of carbonyl (C=O) groups is 2. The fourth-order valence-electron chi connectivity index (χ4n) is 2.64. The summed E-state index contributed by atoms with van der Waals surface area (Å²) in [5.74, 6) is 0.296. The molecule has 0 aliphatic heterocycles. The molecule has 0 spiro atoms.